The summed E-state index contributed by atoms with van der Waals surface area (Å²) in [7, 11) is 1.80. The summed E-state index contributed by atoms with van der Waals surface area (Å²) in [6.45, 7) is 1.26. The van der Waals surface area contributed by atoms with Crippen LogP contribution in [0, 0.1) is 0 Å². The zero-order valence-corrected chi connectivity index (χ0v) is 12.4. The minimum atomic E-state index is -4.48. The molecule has 0 spiro atoms. The Labute approximate surface area is 126 Å². The molecular weight excluding hydrogens is 301 g/mol. The highest BCUT2D eigenvalue weighted by atomic mass is 32.1. The van der Waals surface area contributed by atoms with Crippen LogP contribution in [0.4, 0.5) is 18.9 Å². The lowest BCUT2D eigenvalue weighted by atomic mass is 10.0. The largest absolute Gasteiger partial charge is 0.417 e. The first-order valence-electron chi connectivity index (χ1n) is 6.62. The van der Waals surface area contributed by atoms with Crippen LogP contribution in [0.5, 0.6) is 0 Å². The molecule has 2 rings (SSSR count). The van der Waals surface area contributed by atoms with Crippen LogP contribution in [-0.2, 0) is 10.9 Å². The van der Waals surface area contributed by atoms with Crippen LogP contribution in [0.15, 0.2) is 18.2 Å². The van der Waals surface area contributed by atoms with E-state index in [-0.39, 0.29) is 16.6 Å². The quantitative estimate of drug-likeness (QED) is 0.870. The van der Waals surface area contributed by atoms with Gasteiger partial charge in [-0.25, -0.2) is 0 Å². The van der Waals surface area contributed by atoms with Crippen LogP contribution >= 0.6 is 12.2 Å². The molecule has 0 amide bonds. The Morgan fingerprint density at radius 3 is 2.48 bits per heavy atom. The fourth-order valence-electron chi connectivity index (χ4n) is 2.48. The van der Waals surface area contributed by atoms with Crippen LogP contribution in [0.25, 0.3) is 0 Å². The Morgan fingerprint density at radius 2 is 1.95 bits per heavy atom. The van der Waals surface area contributed by atoms with Crippen LogP contribution in [0.1, 0.15) is 24.0 Å². The van der Waals surface area contributed by atoms with E-state index >= 15 is 0 Å². The topological polar surface area (TPSA) is 38.5 Å². The first kappa shape index (κ1) is 16.0. The average Bonchev–Trinajstić information content (AvgIpc) is 2.45. The fourth-order valence-corrected chi connectivity index (χ4v) is 2.66. The summed E-state index contributed by atoms with van der Waals surface area (Å²) in [6.07, 6.45) is -2.88. The maximum Gasteiger partial charge on any atom is 0.417 e. The number of thiocarbonyl (C=S) groups is 1. The predicted molar refractivity (Wildman–Crippen MR) is 79.6 cm³/mol. The van der Waals surface area contributed by atoms with Gasteiger partial charge >= 0.3 is 6.18 Å². The van der Waals surface area contributed by atoms with Crippen molar-refractivity contribution in [3.63, 3.8) is 0 Å². The Balaban J connectivity index is 2.34. The molecule has 7 heteroatoms. The van der Waals surface area contributed by atoms with Crippen LogP contribution in [-0.4, -0.2) is 31.3 Å². The zero-order chi connectivity index (χ0) is 15.6. The van der Waals surface area contributed by atoms with Gasteiger partial charge < -0.3 is 15.4 Å². The van der Waals surface area contributed by atoms with Crippen molar-refractivity contribution in [1.29, 1.82) is 0 Å². The van der Waals surface area contributed by atoms with E-state index in [0.717, 1.165) is 18.9 Å². The summed E-state index contributed by atoms with van der Waals surface area (Å²) < 4.78 is 44.7. The molecule has 0 atom stereocenters. The number of nitrogens with zero attached hydrogens (tertiary/aromatic N) is 1. The molecule has 3 nitrogen and oxygen atoms in total. The van der Waals surface area contributed by atoms with Crippen molar-refractivity contribution < 1.29 is 17.9 Å². The average molecular weight is 318 g/mol. The molecule has 0 bridgehead atoms. The van der Waals surface area contributed by atoms with E-state index in [4.69, 9.17) is 22.7 Å². The van der Waals surface area contributed by atoms with Gasteiger partial charge in [-0.2, -0.15) is 13.2 Å². The normalized spacial score (nSPS) is 16.8. The van der Waals surface area contributed by atoms with Crippen molar-refractivity contribution in [1.82, 2.24) is 0 Å². The number of halogens is 3. The van der Waals surface area contributed by atoms with E-state index in [2.05, 4.69) is 0 Å². The molecule has 21 heavy (non-hydrogen) atoms. The third-order valence-electron chi connectivity index (χ3n) is 3.72. The second kappa shape index (κ2) is 6.19. The molecular formula is C14H17F3N2OS. The number of nitrogens with two attached hydrogens (primary N) is 1. The molecule has 2 N–H and O–H groups in total. The van der Waals surface area contributed by atoms with Gasteiger partial charge in [-0.1, -0.05) is 12.2 Å². The molecule has 0 aliphatic carbocycles. The number of hydrogen-bond acceptors (Lipinski definition) is 3. The SMILES string of the molecule is CN(c1ccc(C(N)=S)c(C(F)(F)F)c1)C1CCOCC1. The van der Waals surface area contributed by atoms with Crippen molar-refractivity contribution in [2.45, 2.75) is 25.1 Å². The Kier molecular flexibility index (Phi) is 4.73. The van der Waals surface area contributed by atoms with Crippen LogP contribution in [0.3, 0.4) is 0 Å². The molecule has 1 aromatic carbocycles. The Bertz CT molecular complexity index is 527. The van der Waals surface area contributed by atoms with E-state index in [1.807, 2.05) is 4.90 Å². The first-order valence-corrected chi connectivity index (χ1v) is 7.03. The molecule has 0 saturated carbocycles. The molecule has 116 valence electrons. The summed E-state index contributed by atoms with van der Waals surface area (Å²) in [4.78, 5) is 1.61. The molecule has 0 radical (unpaired) electrons. The van der Waals surface area contributed by atoms with Crippen molar-refractivity contribution >= 4 is 22.9 Å². The van der Waals surface area contributed by atoms with Gasteiger partial charge in [0.2, 0.25) is 0 Å². The van der Waals surface area contributed by atoms with Gasteiger partial charge in [0.05, 0.1) is 5.56 Å². The maximum atomic E-state index is 13.1. The highest BCUT2D eigenvalue weighted by molar-refractivity contribution is 7.80. The summed E-state index contributed by atoms with van der Waals surface area (Å²) in [5.41, 5.74) is 4.97. The number of benzene rings is 1. The lowest BCUT2D eigenvalue weighted by molar-refractivity contribution is -0.137. The third kappa shape index (κ3) is 3.65. The zero-order valence-electron chi connectivity index (χ0n) is 11.6. The van der Waals surface area contributed by atoms with Gasteiger partial charge in [-0.3, -0.25) is 0 Å². The molecule has 1 aliphatic heterocycles. The van der Waals surface area contributed by atoms with E-state index in [1.54, 1.807) is 13.1 Å². The Morgan fingerprint density at radius 1 is 1.33 bits per heavy atom. The lowest BCUT2D eigenvalue weighted by Crippen LogP contribution is -2.36. The van der Waals surface area contributed by atoms with E-state index in [9.17, 15) is 13.2 Å². The second-order valence-electron chi connectivity index (χ2n) is 5.05. The summed E-state index contributed by atoms with van der Waals surface area (Å²) in [5.74, 6) is 0. The minimum Gasteiger partial charge on any atom is -0.389 e. The van der Waals surface area contributed by atoms with Crippen molar-refractivity contribution in [2.75, 3.05) is 25.2 Å². The first-order chi connectivity index (χ1) is 9.80. The van der Waals surface area contributed by atoms with Crippen molar-refractivity contribution in [2.24, 2.45) is 5.73 Å². The van der Waals surface area contributed by atoms with Gasteiger partial charge in [-0.05, 0) is 31.0 Å². The van der Waals surface area contributed by atoms with E-state index in [1.165, 1.54) is 6.07 Å². The molecule has 1 aliphatic rings. The number of alkyl halides is 3. The Hall–Kier alpha value is -1.34. The van der Waals surface area contributed by atoms with E-state index < -0.39 is 11.7 Å². The molecule has 0 unspecified atom stereocenters. The molecule has 1 fully saturated rings. The van der Waals surface area contributed by atoms with Crippen molar-refractivity contribution in [3.05, 3.63) is 29.3 Å². The van der Waals surface area contributed by atoms with Gasteiger partial charge in [-0.15, -0.1) is 0 Å². The lowest BCUT2D eigenvalue weighted by Gasteiger charge is -2.33. The highest BCUT2D eigenvalue weighted by Gasteiger charge is 2.35. The third-order valence-corrected chi connectivity index (χ3v) is 3.94. The van der Waals surface area contributed by atoms with Crippen LogP contribution in [0.2, 0.25) is 0 Å². The van der Waals surface area contributed by atoms with Gasteiger partial charge in [0.15, 0.2) is 0 Å². The minimum absolute atomic E-state index is 0.137. The molecule has 1 heterocycles. The maximum absolute atomic E-state index is 13.1. The second-order valence-corrected chi connectivity index (χ2v) is 5.49. The summed E-state index contributed by atoms with van der Waals surface area (Å²) in [6, 6.07) is 4.26. The van der Waals surface area contributed by atoms with Gasteiger partial charge in [0, 0.05) is 37.6 Å². The summed E-state index contributed by atoms with van der Waals surface area (Å²) >= 11 is 4.70. The molecule has 1 aromatic rings. The van der Waals surface area contributed by atoms with Crippen LogP contribution < -0.4 is 10.6 Å². The number of anilines is 1. The smallest absolute Gasteiger partial charge is 0.389 e. The predicted octanol–water partition coefficient (Wildman–Crippen LogP) is 2.95. The van der Waals surface area contributed by atoms with Gasteiger partial charge in [0.25, 0.3) is 0 Å². The monoisotopic (exact) mass is 318 g/mol. The van der Waals surface area contributed by atoms with Gasteiger partial charge in [0.1, 0.15) is 4.99 Å². The number of ether oxygens (including phenoxy) is 1. The van der Waals surface area contributed by atoms with E-state index in [0.29, 0.717) is 18.9 Å². The molecule has 1 saturated heterocycles. The number of hydrogen-bond donors (Lipinski definition) is 1. The summed E-state index contributed by atoms with van der Waals surface area (Å²) in [5, 5.41) is 0. The number of rotatable bonds is 3. The molecule has 0 aromatic heterocycles. The fraction of sp³-hybridized carbons (Fsp3) is 0.500. The highest BCUT2D eigenvalue weighted by Crippen LogP contribution is 2.35. The van der Waals surface area contributed by atoms with Crippen molar-refractivity contribution in [3.8, 4) is 0 Å². The standard InChI is InChI=1S/C14H17F3N2OS/c1-19(9-4-6-20-7-5-9)10-2-3-11(13(18)21)12(8-10)14(15,16)17/h2-3,8-9H,4-7H2,1H3,(H2,18,21).